The summed E-state index contributed by atoms with van der Waals surface area (Å²) >= 11 is 0. The molecule has 3 rings (SSSR count). The Bertz CT molecular complexity index is 670. The fourth-order valence-corrected chi connectivity index (χ4v) is 3.34. The van der Waals surface area contributed by atoms with Gasteiger partial charge in [0.1, 0.15) is 0 Å². The third kappa shape index (κ3) is 1.79. The first-order valence-electron chi connectivity index (χ1n) is 7.01. The Kier molecular flexibility index (Phi) is 3.05. The van der Waals surface area contributed by atoms with Crippen LogP contribution in [0.4, 0.5) is 0 Å². The smallest absolute Gasteiger partial charge is 0.211 e. The molecular formula is C19H16O2. The molecule has 1 saturated carbocycles. The zero-order valence-electron chi connectivity index (χ0n) is 12.1. The molecule has 2 nitrogen and oxygen atoms in total. The van der Waals surface area contributed by atoms with Crippen LogP contribution in [-0.2, 0) is 15.0 Å². The quantitative estimate of drug-likeness (QED) is 0.857. The van der Waals surface area contributed by atoms with E-state index in [1.54, 1.807) is 0 Å². The molecule has 2 atom stereocenters. The van der Waals surface area contributed by atoms with Gasteiger partial charge in [-0.1, -0.05) is 68.4 Å². The first-order chi connectivity index (χ1) is 10.1. The molecule has 0 aliphatic heterocycles. The van der Waals surface area contributed by atoms with Crippen molar-refractivity contribution in [3.05, 3.63) is 60.2 Å². The fourth-order valence-electron chi connectivity index (χ4n) is 3.34. The van der Waals surface area contributed by atoms with Crippen molar-refractivity contribution in [3.8, 4) is 11.1 Å². The van der Waals surface area contributed by atoms with E-state index in [9.17, 15) is 9.59 Å². The fraction of sp³-hybridized carbons (Fsp3) is 0.263. The molecule has 0 spiro atoms. The molecule has 2 unspecified atom stereocenters. The molecule has 2 radical (unpaired) electrons. The highest BCUT2D eigenvalue weighted by molar-refractivity contribution is 5.87. The minimum atomic E-state index is -0.843. The van der Waals surface area contributed by atoms with Crippen LogP contribution in [0.3, 0.4) is 0 Å². The van der Waals surface area contributed by atoms with Crippen LogP contribution < -0.4 is 0 Å². The van der Waals surface area contributed by atoms with E-state index >= 15 is 0 Å². The standard InChI is InChI=1S/C19H16O2/c1-18(2)17(12-20)19(18,13-21)16-10-8-15(9-11-16)14-6-4-3-5-7-14/h3-11,17H,1-2H3. The summed E-state index contributed by atoms with van der Waals surface area (Å²) in [6.45, 7) is 3.83. The van der Waals surface area contributed by atoms with E-state index in [4.69, 9.17) is 0 Å². The molecule has 104 valence electrons. The molecule has 2 heteroatoms. The molecule has 0 saturated heterocycles. The Morgan fingerprint density at radius 1 is 0.857 bits per heavy atom. The van der Waals surface area contributed by atoms with Crippen molar-refractivity contribution in [2.45, 2.75) is 19.3 Å². The van der Waals surface area contributed by atoms with Gasteiger partial charge >= 0.3 is 0 Å². The third-order valence-corrected chi connectivity index (χ3v) is 4.81. The van der Waals surface area contributed by atoms with Crippen molar-refractivity contribution in [1.29, 1.82) is 0 Å². The van der Waals surface area contributed by atoms with Crippen molar-refractivity contribution < 1.29 is 9.59 Å². The van der Waals surface area contributed by atoms with E-state index < -0.39 is 16.7 Å². The van der Waals surface area contributed by atoms with Gasteiger partial charge in [-0.15, -0.1) is 0 Å². The summed E-state index contributed by atoms with van der Waals surface area (Å²) in [5.74, 6) is -0.412. The van der Waals surface area contributed by atoms with Gasteiger partial charge in [-0.25, -0.2) is 0 Å². The second kappa shape index (κ2) is 4.66. The van der Waals surface area contributed by atoms with E-state index in [2.05, 4.69) is 6.29 Å². The lowest BCUT2D eigenvalue weighted by Crippen LogP contribution is -2.16. The van der Waals surface area contributed by atoms with Gasteiger partial charge in [0, 0.05) is 5.92 Å². The van der Waals surface area contributed by atoms with E-state index in [-0.39, 0.29) is 0 Å². The Morgan fingerprint density at radius 2 is 1.43 bits per heavy atom. The van der Waals surface area contributed by atoms with Crippen molar-refractivity contribution in [2.24, 2.45) is 11.3 Å². The molecule has 1 aliphatic rings. The minimum Gasteiger partial charge on any atom is -0.290 e. The minimum absolute atomic E-state index is 0.412. The Balaban J connectivity index is 1.99. The molecule has 2 aromatic carbocycles. The van der Waals surface area contributed by atoms with E-state index in [0.29, 0.717) is 0 Å². The van der Waals surface area contributed by atoms with Gasteiger partial charge in [0.15, 0.2) is 0 Å². The monoisotopic (exact) mass is 276 g/mol. The van der Waals surface area contributed by atoms with Gasteiger partial charge in [-0.2, -0.15) is 0 Å². The van der Waals surface area contributed by atoms with Crippen molar-refractivity contribution in [2.75, 3.05) is 0 Å². The molecular weight excluding hydrogens is 260 g/mol. The second-order valence-corrected chi connectivity index (χ2v) is 6.13. The van der Waals surface area contributed by atoms with Crippen LogP contribution in [0.1, 0.15) is 19.4 Å². The lowest BCUT2D eigenvalue weighted by molar-refractivity contribution is 0.506. The number of carbonyl (C=O) groups excluding carboxylic acids is 2. The van der Waals surface area contributed by atoms with E-state index in [1.807, 2.05) is 74.7 Å². The molecule has 1 aliphatic carbocycles. The summed E-state index contributed by atoms with van der Waals surface area (Å²) in [5, 5.41) is 0. The maximum Gasteiger partial charge on any atom is 0.211 e. The largest absolute Gasteiger partial charge is 0.290 e. The molecule has 0 bridgehead atoms. The highest BCUT2D eigenvalue weighted by Crippen LogP contribution is 2.67. The van der Waals surface area contributed by atoms with Crippen LogP contribution in [-0.4, -0.2) is 12.6 Å². The zero-order valence-corrected chi connectivity index (χ0v) is 12.1. The predicted octanol–water partition coefficient (Wildman–Crippen LogP) is 3.47. The second-order valence-electron chi connectivity index (χ2n) is 6.13. The van der Waals surface area contributed by atoms with Crippen LogP contribution in [0.15, 0.2) is 54.6 Å². The molecule has 2 aromatic rings. The molecule has 0 amide bonds. The topological polar surface area (TPSA) is 34.1 Å². The Hall–Kier alpha value is -2.22. The van der Waals surface area contributed by atoms with Crippen LogP contribution >= 0.6 is 0 Å². The number of rotatable bonds is 4. The summed E-state index contributed by atoms with van der Waals surface area (Å²) in [6.07, 6.45) is 4.11. The summed E-state index contributed by atoms with van der Waals surface area (Å²) < 4.78 is 0. The van der Waals surface area contributed by atoms with Crippen LogP contribution in [0.2, 0.25) is 0 Å². The first-order valence-corrected chi connectivity index (χ1v) is 7.01. The zero-order chi connectivity index (χ0) is 15.1. The third-order valence-electron chi connectivity index (χ3n) is 4.81. The van der Waals surface area contributed by atoms with Crippen molar-refractivity contribution >= 4 is 12.6 Å². The van der Waals surface area contributed by atoms with Gasteiger partial charge in [0.05, 0.1) is 5.41 Å². The van der Waals surface area contributed by atoms with Gasteiger partial charge in [0.25, 0.3) is 0 Å². The van der Waals surface area contributed by atoms with Gasteiger partial charge in [0.2, 0.25) is 12.6 Å². The van der Waals surface area contributed by atoms with Crippen molar-refractivity contribution in [1.82, 2.24) is 0 Å². The average Bonchev–Trinajstić information content (AvgIpc) is 3.03. The normalized spacial score (nSPS) is 26.1. The van der Waals surface area contributed by atoms with E-state index in [1.165, 1.54) is 0 Å². The van der Waals surface area contributed by atoms with Crippen molar-refractivity contribution in [3.63, 3.8) is 0 Å². The number of benzene rings is 2. The van der Waals surface area contributed by atoms with E-state index in [0.717, 1.165) is 16.7 Å². The maximum absolute atomic E-state index is 11.5. The van der Waals surface area contributed by atoms with Gasteiger partial charge in [-0.05, 0) is 22.1 Å². The molecule has 0 N–H and O–H groups in total. The number of hydrogen-bond donors (Lipinski definition) is 0. The van der Waals surface area contributed by atoms with Gasteiger partial charge in [-0.3, -0.25) is 9.59 Å². The number of hydrogen-bond acceptors (Lipinski definition) is 2. The molecule has 21 heavy (non-hydrogen) atoms. The van der Waals surface area contributed by atoms with Crippen LogP contribution in [0.25, 0.3) is 11.1 Å². The van der Waals surface area contributed by atoms with Crippen LogP contribution in [0, 0.1) is 11.3 Å². The SMILES string of the molecule is CC1(C)C([C]=O)C1([C]=O)c1ccc(-c2ccccc2)cc1. The van der Waals surface area contributed by atoms with Crippen LogP contribution in [0.5, 0.6) is 0 Å². The average molecular weight is 276 g/mol. The highest BCUT2D eigenvalue weighted by atomic mass is 16.1. The molecule has 0 aromatic heterocycles. The summed E-state index contributed by atoms with van der Waals surface area (Å²) in [5.41, 5.74) is 1.80. The Morgan fingerprint density at radius 3 is 1.90 bits per heavy atom. The lowest BCUT2D eigenvalue weighted by Gasteiger charge is -2.13. The molecule has 0 heterocycles. The van der Waals surface area contributed by atoms with Gasteiger partial charge < -0.3 is 0 Å². The summed E-state index contributed by atoms with van der Waals surface area (Å²) in [7, 11) is 0. The summed E-state index contributed by atoms with van der Waals surface area (Å²) in [6, 6.07) is 17.9. The first kappa shape index (κ1) is 13.7. The predicted molar refractivity (Wildman–Crippen MR) is 82.2 cm³/mol. The highest BCUT2D eigenvalue weighted by Gasteiger charge is 2.73. The maximum atomic E-state index is 11.5. The summed E-state index contributed by atoms with van der Waals surface area (Å²) in [4.78, 5) is 22.6. The lowest BCUT2D eigenvalue weighted by atomic mass is 9.88. The Labute approximate surface area is 124 Å². The molecule has 1 fully saturated rings.